The Morgan fingerprint density at radius 2 is 1.91 bits per heavy atom. The quantitative estimate of drug-likeness (QED) is 0.614. The van der Waals surface area contributed by atoms with Crippen LogP contribution in [0.5, 0.6) is 17.4 Å². The van der Waals surface area contributed by atoms with E-state index in [1.165, 1.54) is 12.8 Å². The molecule has 1 atom stereocenters. The molecule has 1 fully saturated rings. The van der Waals surface area contributed by atoms with E-state index in [2.05, 4.69) is 16.3 Å². The number of rotatable bonds is 5. The Bertz CT molecular complexity index is 1200. The predicted molar refractivity (Wildman–Crippen MR) is 119 cm³/mol. The number of methoxy groups -OCH3 is 1. The van der Waals surface area contributed by atoms with Gasteiger partial charge in [-0.3, -0.25) is 5.10 Å². The van der Waals surface area contributed by atoms with Crippen molar-refractivity contribution in [2.75, 3.05) is 7.11 Å². The summed E-state index contributed by atoms with van der Waals surface area (Å²) in [5, 5.41) is 17.3. The highest BCUT2D eigenvalue weighted by molar-refractivity contribution is 5.71. The molecule has 7 heteroatoms. The number of benzene rings is 2. The first-order valence-electron chi connectivity index (χ1n) is 10.8. The lowest BCUT2D eigenvalue weighted by Crippen LogP contribution is -2.21. The molecule has 0 spiro atoms. The van der Waals surface area contributed by atoms with E-state index >= 15 is 0 Å². The molecule has 162 valence electrons. The third kappa shape index (κ3) is 3.44. The van der Waals surface area contributed by atoms with E-state index in [4.69, 9.17) is 19.9 Å². The summed E-state index contributed by atoms with van der Waals surface area (Å²) in [5.74, 6) is 1.31. The maximum Gasteiger partial charge on any atom is 0.244 e. The molecule has 0 saturated heterocycles. The van der Waals surface area contributed by atoms with E-state index in [1.807, 2.05) is 48.5 Å². The Labute approximate surface area is 186 Å². The summed E-state index contributed by atoms with van der Waals surface area (Å²) < 4.78 is 17.5. The Morgan fingerprint density at radius 1 is 1.12 bits per heavy atom. The number of fused-ring (bicyclic) bond motifs is 1. The van der Waals surface area contributed by atoms with E-state index < -0.39 is 5.92 Å². The fraction of sp³-hybridized carbons (Fsp3) is 0.280. The normalized spacial score (nSPS) is 18.1. The molecule has 1 aromatic heterocycles. The number of nitrogens with one attached hydrogen (secondary N) is 1. The molecule has 2 heterocycles. The minimum Gasteiger partial charge on any atom is -0.493 e. The van der Waals surface area contributed by atoms with Crippen molar-refractivity contribution in [2.45, 2.75) is 37.7 Å². The van der Waals surface area contributed by atoms with Gasteiger partial charge in [0.25, 0.3) is 0 Å². The Kier molecular flexibility index (Phi) is 5.20. The molecule has 1 saturated carbocycles. The summed E-state index contributed by atoms with van der Waals surface area (Å²) in [6.45, 7) is 0. The lowest BCUT2D eigenvalue weighted by Gasteiger charge is -2.25. The first-order chi connectivity index (χ1) is 15.7. The highest BCUT2D eigenvalue weighted by Gasteiger charge is 2.36. The van der Waals surface area contributed by atoms with Gasteiger partial charge in [0.15, 0.2) is 11.5 Å². The van der Waals surface area contributed by atoms with E-state index in [0.717, 1.165) is 35.2 Å². The van der Waals surface area contributed by atoms with Gasteiger partial charge in [0, 0.05) is 0 Å². The summed E-state index contributed by atoms with van der Waals surface area (Å²) in [6.07, 6.45) is 4.71. The first-order valence-corrected chi connectivity index (χ1v) is 10.8. The number of allylic oxidation sites excluding steroid dienone is 1. The number of nitrogens with zero attached hydrogens (tertiary/aromatic N) is 2. The second-order valence-corrected chi connectivity index (χ2v) is 8.04. The molecular formula is C25H24N4O3. The number of nitrogens with two attached hydrogens (primary N) is 1. The summed E-state index contributed by atoms with van der Waals surface area (Å²) in [6, 6.07) is 17.8. The maximum absolute atomic E-state index is 9.93. The Morgan fingerprint density at radius 3 is 2.62 bits per heavy atom. The third-order valence-electron chi connectivity index (χ3n) is 6.12. The van der Waals surface area contributed by atoms with Crippen molar-refractivity contribution in [3.8, 4) is 34.7 Å². The highest BCUT2D eigenvalue weighted by Crippen LogP contribution is 2.47. The van der Waals surface area contributed by atoms with Gasteiger partial charge in [-0.2, -0.15) is 5.26 Å². The Hall–Kier alpha value is -3.92. The molecule has 3 aromatic rings. The monoisotopic (exact) mass is 428 g/mol. The third-order valence-corrected chi connectivity index (χ3v) is 6.12. The summed E-state index contributed by atoms with van der Waals surface area (Å²) in [7, 11) is 1.62. The maximum atomic E-state index is 9.93. The molecule has 2 aromatic carbocycles. The van der Waals surface area contributed by atoms with Gasteiger partial charge in [-0.25, -0.2) is 0 Å². The van der Waals surface area contributed by atoms with Crippen LogP contribution in [-0.2, 0) is 0 Å². The van der Waals surface area contributed by atoms with Gasteiger partial charge in [0.05, 0.1) is 30.4 Å². The molecule has 0 bridgehead atoms. The number of aromatic nitrogens is 2. The second-order valence-electron chi connectivity index (χ2n) is 8.04. The van der Waals surface area contributed by atoms with Gasteiger partial charge in [0.1, 0.15) is 11.6 Å². The number of aromatic amines is 1. The van der Waals surface area contributed by atoms with Crippen molar-refractivity contribution < 1.29 is 14.2 Å². The minimum atomic E-state index is -0.452. The van der Waals surface area contributed by atoms with Gasteiger partial charge in [-0.1, -0.05) is 36.4 Å². The fourth-order valence-corrected chi connectivity index (χ4v) is 4.55. The largest absolute Gasteiger partial charge is 0.493 e. The first kappa shape index (κ1) is 20.0. The SMILES string of the molecule is COc1cc(C2C(C#N)=C(N)Oc3n[nH]c(-c4ccccc4)c32)ccc1OC1CCCC1. The predicted octanol–water partition coefficient (Wildman–Crippen LogP) is 4.62. The Balaban J connectivity index is 1.61. The number of nitriles is 1. The van der Waals surface area contributed by atoms with Gasteiger partial charge in [-0.05, 0) is 48.9 Å². The molecule has 1 aliphatic carbocycles. The van der Waals surface area contributed by atoms with Crippen LogP contribution >= 0.6 is 0 Å². The van der Waals surface area contributed by atoms with E-state index in [1.54, 1.807) is 7.11 Å². The minimum absolute atomic E-state index is 0.0568. The zero-order valence-electron chi connectivity index (χ0n) is 17.8. The zero-order valence-corrected chi connectivity index (χ0v) is 17.8. The van der Waals surface area contributed by atoms with Crippen molar-refractivity contribution >= 4 is 0 Å². The molecule has 0 radical (unpaired) electrons. The zero-order chi connectivity index (χ0) is 22.1. The van der Waals surface area contributed by atoms with Crippen LogP contribution in [0.2, 0.25) is 0 Å². The van der Waals surface area contributed by atoms with Crippen molar-refractivity contribution in [3.05, 3.63) is 71.1 Å². The lowest BCUT2D eigenvalue weighted by atomic mass is 9.83. The molecule has 1 aliphatic heterocycles. The fourth-order valence-electron chi connectivity index (χ4n) is 4.55. The van der Waals surface area contributed by atoms with Crippen LogP contribution in [-0.4, -0.2) is 23.4 Å². The molecule has 2 aliphatic rings. The van der Waals surface area contributed by atoms with Crippen LogP contribution in [0.1, 0.15) is 42.7 Å². The average Bonchev–Trinajstić information content (AvgIpc) is 3.49. The van der Waals surface area contributed by atoms with Crippen molar-refractivity contribution in [2.24, 2.45) is 5.73 Å². The van der Waals surface area contributed by atoms with Crippen LogP contribution in [0, 0.1) is 11.3 Å². The number of H-pyrrole nitrogens is 1. The number of hydrogen-bond acceptors (Lipinski definition) is 6. The molecule has 7 nitrogen and oxygen atoms in total. The van der Waals surface area contributed by atoms with Crippen LogP contribution < -0.4 is 19.9 Å². The van der Waals surface area contributed by atoms with E-state index in [9.17, 15) is 5.26 Å². The smallest absolute Gasteiger partial charge is 0.244 e. The standard InChI is InChI=1S/C25H24N4O3/c1-30-20-13-16(11-12-19(20)31-17-9-5-6-10-17)21-18(14-26)24(27)32-25-22(21)23(28-29-25)15-7-3-2-4-8-15/h2-4,7-8,11-13,17,21H,5-6,9-10,27H2,1H3,(H,28,29). The lowest BCUT2D eigenvalue weighted by molar-refractivity contribution is 0.200. The number of ether oxygens (including phenoxy) is 3. The van der Waals surface area contributed by atoms with E-state index in [-0.39, 0.29) is 12.0 Å². The van der Waals surface area contributed by atoms with Crippen LogP contribution in [0.15, 0.2) is 60.0 Å². The summed E-state index contributed by atoms with van der Waals surface area (Å²) >= 11 is 0. The van der Waals surface area contributed by atoms with Gasteiger partial charge >= 0.3 is 0 Å². The van der Waals surface area contributed by atoms with Crippen molar-refractivity contribution in [3.63, 3.8) is 0 Å². The molecule has 0 amide bonds. The van der Waals surface area contributed by atoms with Crippen molar-refractivity contribution in [1.29, 1.82) is 5.26 Å². The highest BCUT2D eigenvalue weighted by atomic mass is 16.5. The van der Waals surface area contributed by atoms with Crippen LogP contribution in [0.4, 0.5) is 0 Å². The van der Waals surface area contributed by atoms with Gasteiger partial charge in [0.2, 0.25) is 11.8 Å². The molecular weight excluding hydrogens is 404 g/mol. The topological polar surface area (TPSA) is 106 Å². The van der Waals surface area contributed by atoms with Crippen molar-refractivity contribution in [1.82, 2.24) is 10.2 Å². The van der Waals surface area contributed by atoms with Gasteiger partial charge < -0.3 is 19.9 Å². The van der Waals surface area contributed by atoms with Crippen LogP contribution in [0.3, 0.4) is 0 Å². The number of hydrogen-bond donors (Lipinski definition) is 2. The molecule has 5 rings (SSSR count). The summed E-state index contributed by atoms with van der Waals surface area (Å²) in [4.78, 5) is 0. The van der Waals surface area contributed by atoms with Crippen LogP contribution in [0.25, 0.3) is 11.3 Å². The second kappa shape index (κ2) is 8.31. The van der Waals surface area contributed by atoms with Gasteiger partial charge in [-0.15, -0.1) is 5.10 Å². The summed E-state index contributed by atoms with van der Waals surface area (Å²) in [5.41, 5.74) is 9.81. The molecule has 1 unspecified atom stereocenters. The van der Waals surface area contributed by atoms with E-state index in [0.29, 0.717) is 23.0 Å². The molecule has 3 N–H and O–H groups in total. The average molecular weight is 428 g/mol. The molecule has 32 heavy (non-hydrogen) atoms.